The van der Waals surface area contributed by atoms with Crippen LogP contribution in [-0.2, 0) is 14.3 Å². The Hall–Kier alpha value is -3.35. The van der Waals surface area contributed by atoms with Crippen LogP contribution in [0.25, 0.3) is 11.1 Å². The molecular weight excluding hydrogens is 362 g/mol. The number of aliphatic carboxylic acids is 2. The number of ether oxygens (including phenoxy) is 1. The number of rotatable bonds is 4. The Morgan fingerprint density at radius 2 is 1.32 bits per heavy atom. The van der Waals surface area contributed by atoms with Gasteiger partial charge in [-0.25, -0.2) is 4.79 Å². The average molecular weight is 381 g/mol. The molecule has 1 saturated heterocycles. The van der Waals surface area contributed by atoms with E-state index in [-0.39, 0.29) is 25.6 Å². The highest BCUT2D eigenvalue weighted by Gasteiger charge is 2.44. The maximum Gasteiger partial charge on any atom is 0.409 e. The molecule has 28 heavy (non-hydrogen) atoms. The second-order valence-corrected chi connectivity index (χ2v) is 7.10. The van der Waals surface area contributed by atoms with Crippen molar-refractivity contribution < 1.29 is 29.3 Å². The van der Waals surface area contributed by atoms with E-state index in [1.165, 1.54) is 4.90 Å². The van der Waals surface area contributed by atoms with E-state index >= 15 is 0 Å². The van der Waals surface area contributed by atoms with E-state index in [9.17, 15) is 24.6 Å². The van der Waals surface area contributed by atoms with Crippen LogP contribution in [0.2, 0.25) is 0 Å². The Labute approximate surface area is 161 Å². The molecule has 2 aliphatic rings. The molecule has 0 radical (unpaired) electrons. The lowest BCUT2D eigenvalue weighted by Gasteiger charge is -2.19. The summed E-state index contributed by atoms with van der Waals surface area (Å²) in [5.74, 6) is -4.80. The summed E-state index contributed by atoms with van der Waals surface area (Å²) in [5, 5.41) is 18.4. The van der Waals surface area contributed by atoms with Gasteiger partial charge >= 0.3 is 18.0 Å². The number of amides is 1. The van der Waals surface area contributed by atoms with Crippen LogP contribution in [0.1, 0.15) is 17.0 Å². The first-order valence-electron chi connectivity index (χ1n) is 9.03. The molecule has 2 atom stereocenters. The number of carboxylic acid groups (broad SMARTS) is 2. The fraction of sp³-hybridized carbons (Fsp3) is 0.286. The quantitative estimate of drug-likeness (QED) is 0.844. The van der Waals surface area contributed by atoms with Gasteiger partial charge in [0.2, 0.25) is 0 Å². The zero-order valence-corrected chi connectivity index (χ0v) is 14.9. The van der Waals surface area contributed by atoms with Crippen molar-refractivity contribution in [1.29, 1.82) is 0 Å². The molecule has 0 bridgehead atoms. The van der Waals surface area contributed by atoms with Crippen LogP contribution < -0.4 is 0 Å². The van der Waals surface area contributed by atoms with E-state index in [1.807, 2.05) is 48.5 Å². The molecule has 0 spiro atoms. The first-order chi connectivity index (χ1) is 13.5. The van der Waals surface area contributed by atoms with E-state index < -0.39 is 29.9 Å². The molecule has 1 fully saturated rings. The minimum atomic E-state index is -1.22. The summed E-state index contributed by atoms with van der Waals surface area (Å²) < 4.78 is 5.48. The van der Waals surface area contributed by atoms with Crippen LogP contribution in [-0.4, -0.2) is 52.8 Å². The standard InChI is InChI=1S/C21H19NO6/c23-19(24)16-9-22(10-17(16)20(25)26)21(27)28-11-18-14-7-3-1-5-12(14)13-6-2-4-8-15(13)18/h1-8,16-18H,9-11H2,(H,23,24)(H,25,26)/t16-,17-/m0/s1. The van der Waals surface area contributed by atoms with Crippen LogP contribution in [0, 0.1) is 11.8 Å². The predicted octanol–water partition coefficient (Wildman–Crippen LogP) is 2.65. The number of likely N-dealkylation sites (tertiary alicyclic amines) is 1. The fourth-order valence-corrected chi connectivity index (χ4v) is 4.14. The van der Waals surface area contributed by atoms with Crippen molar-refractivity contribution in [1.82, 2.24) is 4.90 Å². The highest BCUT2D eigenvalue weighted by Crippen LogP contribution is 2.44. The first-order valence-corrected chi connectivity index (χ1v) is 9.03. The Morgan fingerprint density at radius 3 is 1.79 bits per heavy atom. The summed E-state index contributed by atoms with van der Waals surface area (Å²) in [5.41, 5.74) is 4.36. The normalized spacial score (nSPS) is 20.5. The number of benzene rings is 2. The van der Waals surface area contributed by atoms with E-state index in [1.54, 1.807) is 0 Å². The van der Waals surface area contributed by atoms with Crippen molar-refractivity contribution >= 4 is 18.0 Å². The van der Waals surface area contributed by atoms with Gasteiger partial charge in [0.15, 0.2) is 0 Å². The van der Waals surface area contributed by atoms with Crippen LogP contribution in [0.15, 0.2) is 48.5 Å². The van der Waals surface area contributed by atoms with Gasteiger partial charge in [0.1, 0.15) is 6.61 Å². The van der Waals surface area contributed by atoms with E-state index in [4.69, 9.17) is 4.74 Å². The third-order valence-electron chi connectivity index (χ3n) is 5.55. The van der Waals surface area contributed by atoms with Gasteiger partial charge in [-0.3, -0.25) is 9.59 Å². The molecule has 0 unspecified atom stereocenters. The van der Waals surface area contributed by atoms with E-state index in [0.717, 1.165) is 22.3 Å². The summed E-state index contributed by atoms with van der Waals surface area (Å²) in [6.45, 7) is -0.217. The third-order valence-corrected chi connectivity index (χ3v) is 5.55. The zero-order chi connectivity index (χ0) is 19.8. The van der Waals surface area contributed by atoms with E-state index in [0.29, 0.717) is 0 Å². The van der Waals surface area contributed by atoms with Crippen molar-refractivity contribution in [3.8, 4) is 11.1 Å². The minimum Gasteiger partial charge on any atom is -0.481 e. The summed E-state index contributed by atoms with van der Waals surface area (Å²) in [4.78, 5) is 36.2. The Bertz CT molecular complexity index is 888. The van der Waals surface area contributed by atoms with Gasteiger partial charge in [-0.05, 0) is 22.3 Å². The van der Waals surface area contributed by atoms with Crippen molar-refractivity contribution in [2.75, 3.05) is 19.7 Å². The van der Waals surface area contributed by atoms with Crippen molar-refractivity contribution in [2.45, 2.75) is 5.92 Å². The van der Waals surface area contributed by atoms with Gasteiger partial charge in [-0.15, -0.1) is 0 Å². The SMILES string of the molecule is O=C(O)[C@H]1CN(C(=O)OCC2c3ccccc3-c3ccccc32)C[C@@H]1C(=O)O. The first kappa shape index (κ1) is 18.0. The molecular formula is C21H19NO6. The van der Waals surface area contributed by atoms with Crippen molar-refractivity contribution in [2.24, 2.45) is 11.8 Å². The second kappa shape index (κ2) is 6.99. The molecule has 7 nitrogen and oxygen atoms in total. The molecule has 1 aliphatic carbocycles. The molecule has 144 valence electrons. The lowest BCUT2D eigenvalue weighted by atomic mass is 9.97. The minimum absolute atomic E-state index is 0.107. The van der Waals surface area contributed by atoms with Gasteiger partial charge in [0.25, 0.3) is 0 Å². The van der Waals surface area contributed by atoms with E-state index in [2.05, 4.69) is 0 Å². The number of fused-ring (bicyclic) bond motifs is 3. The highest BCUT2D eigenvalue weighted by molar-refractivity contribution is 5.83. The van der Waals surface area contributed by atoms with Crippen LogP contribution >= 0.6 is 0 Å². The maximum absolute atomic E-state index is 12.5. The number of nitrogens with zero attached hydrogens (tertiary/aromatic N) is 1. The molecule has 2 aromatic carbocycles. The molecule has 7 heteroatoms. The Balaban J connectivity index is 1.49. The van der Waals surface area contributed by atoms with Crippen LogP contribution in [0.4, 0.5) is 4.79 Å². The maximum atomic E-state index is 12.5. The number of carboxylic acids is 2. The zero-order valence-electron chi connectivity index (χ0n) is 14.9. The number of hydrogen-bond acceptors (Lipinski definition) is 4. The van der Waals surface area contributed by atoms with Gasteiger partial charge in [-0.1, -0.05) is 48.5 Å². The monoisotopic (exact) mass is 381 g/mol. The average Bonchev–Trinajstić information content (AvgIpc) is 3.27. The molecule has 0 saturated carbocycles. The highest BCUT2D eigenvalue weighted by atomic mass is 16.6. The summed E-state index contributed by atoms with van der Waals surface area (Å²) in [7, 11) is 0. The van der Waals surface area contributed by atoms with Crippen molar-refractivity contribution in [3.05, 3.63) is 59.7 Å². The second-order valence-electron chi connectivity index (χ2n) is 7.10. The van der Waals surface area contributed by atoms with Crippen molar-refractivity contribution in [3.63, 3.8) is 0 Å². The van der Waals surface area contributed by atoms with Gasteiger partial charge in [-0.2, -0.15) is 0 Å². The smallest absolute Gasteiger partial charge is 0.409 e. The largest absolute Gasteiger partial charge is 0.481 e. The third kappa shape index (κ3) is 2.98. The molecule has 1 heterocycles. The van der Waals surface area contributed by atoms with Crippen LogP contribution in [0.3, 0.4) is 0 Å². The summed E-state index contributed by atoms with van der Waals surface area (Å²) in [6.07, 6.45) is -0.683. The Morgan fingerprint density at radius 1 is 0.857 bits per heavy atom. The van der Waals surface area contributed by atoms with Gasteiger partial charge in [0.05, 0.1) is 11.8 Å². The fourth-order valence-electron chi connectivity index (χ4n) is 4.14. The molecule has 0 aromatic heterocycles. The predicted molar refractivity (Wildman–Crippen MR) is 98.9 cm³/mol. The lowest BCUT2D eigenvalue weighted by molar-refractivity contribution is -0.151. The lowest BCUT2D eigenvalue weighted by Crippen LogP contribution is -2.31. The topological polar surface area (TPSA) is 104 Å². The molecule has 2 N–H and O–H groups in total. The summed E-state index contributed by atoms with van der Waals surface area (Å²) in [6, 6.07) is 15.9. The van der Waals surface area contributed by atoms with Gasteiger partial charge < -0.3 is 19.8 Å². The number of carbonyl (C=O) groups is 3. The van der Waals surface area contributed by atoms with Gasteiger partial charge in [0, 0.05) is 19.0 Å². The van der Waals surface area contributed by atoms with Crippen LogP contribution in [0.5, 0.6) is 0 Å². The summed E-state index contributed by atoms with van der Waals surface area (Å²) >= 11 is 0. The molecule has 1 amide bonds. The molecule has 2 aromatic rings. The number of carbonyl (C=O) groups excluding carboxylic acids is 1. The molecule has 4 rings (SSSR count). The number of hydrogen-bond donors (Lipinski definition) is 2. The molecule has 1 aliphatic heterocycles. The Kier molecular flexibility index (Phi) is 4.50.